The van der Waals surface area contributed by atoms with Gasteiger partial charge in [-0.1, -0.05) is 0 Å². The number of hydrogen-bond donors (Lipinski definition) is 13. The fourth-order valence-electron chi connectivity index (χ4n) is 4.99. The predicted molar refractivity (Wildman–Crippen MR) is 102 cm³/mol. The maximum Gasteiger partial charge on any atom is 0.336 e. The number of carbonyl (C=O) groups is 3. The van der Waals surface area contributed by atoms with Gasteiger partial charge in [-0.15, -0.1) is 0 Å². The number of nitrogens with one attached hydrogen (secondary N) is 3. The van der Waals surface area contributed by atoms with Crippen LogP contribution in [0.15, 0.2) is 0 Å². The van der Waals surface area contributed by atoms with Gasteiger partial charge in [0.25, 0.3) is 0 Å². The van der Waals surface area contributed by atoms with Crippen LogP contribution in [0.1, 0.15) is 12.8 Å². The van der Waals surface area contributed by atoms with Gasteiger partial charge in [-0.2, -0.15) is 0 Å². The van der Waals surface area contributed by atoms with E-state index in [0.717, 1.165) is 0 Å². The van der Waals surface area contributed by atoms with Crippen LogP contribution in [0.2, 0.25) is 0 Å². The van der Waals surface area contributed by atoms with E-state index in [9.17, 15) is 45.0 Å². The molecule has 1 spiro atoms. The SMILES string of the molecule is N=C1N[C@H](O)[C@H]2[C@H]3O[C@]4(O)O[C@@H](C(O)[C@@]2(N1)[C@@H]4O)[C@]3(O)CO.O=C(O)CC(O)(CC(=O)O)C(=O)O. The monoisotopic (exact) mass is 511 g/mol. The first-order chi connectivity index (χ1) is 16.0. The zero-order valence-corrected chi connectivity index (χ0v) is 17.6. The third-order valence-electron chi connectivity index (χ3n) is 6.54. The highest BCUT2D eigenvalue weighted by Gasteiger charge is 2.83. The van der Waals surface area contributed by atoms with Crippen LogP contribution in [-0.2, 0) is 23.9 Å². The van der Waals surface area contributed by atoms with Gasteiger partial charge in [0.1, 0.15) is 35.7 Å². The molecule has 9 atom stereocenters. The Hall–Kier alpha value is -2.68. The molecule has 4 saturated heterocycles. The molecular formula is C17H25N3O15. The second-order valence-electron chi connectivity index (χ2n) is 8.73. The summed E-state index contributed by atoms with van der Waals surface area (Å²) in [4.78, 5) is 30.5. The van der Waals surface area contributed by atoms with Gasteiger partial charge in [0, 0.05) is 0 Å². The van der Waals surface area contributed by atoms with Crippen molar-refractivity contribution in [1.82, 2.24) is 10.6 Å². The molecule has 0 aromatic carbocycles. The number of carboxylic acids is 3. The van der Waals surface area contributed by atoms with Crippen LogP contribution in [-0.4, -0.2) is 135 Å². The van der Waals surface area contributed by atoms with Crippen LogP contribution in [0.3, 0.4) is 0 Å². The minimum Gasteiger partial charge on any atom is -0.481 e. The van der Waals surface area contributed by atoms with Crippen molar-refractivity contribution < 1.29 is 74.9 Å². The lowest BCUT2D eigenvalue weighted by Crippen LogP contribution is -2.96. The Morgan fingerprint density at radius 2 is 1.51 bits per heavy atom. The molecular weight excluding hydrogens is 486 g/mol. The first-order valence-corrected chi connectivity index (χ1v) is 9.96. The van der Waals surface area contributed by atoms with E-state index < -0.39 is 96.6 Å². The molecule has 1 aliphatic carbocycles. The van der Waals surface area contributed by atoms with E-state index in [2.05, 4.69) is 10.6 Å². The van der Waals surface area contributed by atoms with Gasteiger partial charge in [0.15, 0.2) is 17.7 Å². The van der Waals surface area contributed by atoms with Crippen molar-refractivity contribution in [3.63, 3.8) is 0 Å². The molecule has 198 valence electrons. The molecule has 0 aromatic heterocycles. The number of ether oxygens (including phenoxy) is 2. The van der Waals surface area contributed by atoms with E-state index in [1.807, 2.05) is 0 Å². The van der Waals surface area contributed by atoms with Crippen LogP contribution in [0.5, 0.6) is 0 Å². The standard InChI is InChI=1S/C11H17N3O8.C6H8O7/c12-8-13-6(17)2-4-9(19,1-15)5-3(16)10(2,14-8)7(18)11(20,21-4)22-5;7-3(8)1-6(13,5(11)12)2-4(9)10/h2-7,15-20H,1H2,(H3,12,13,14);13H,1-2H2,(H,7,8)(H,9,10)(H,11,12)/t2-,3?,4-,5+,6-,7+,9+,10-,11+;/m1./s1. The average Bonchev–Trinajstić information content (AvgIpc) is 2.71. The molecule has 4 bridgehead atoms. The smallest absolute Gasteiger partial charge is 0.336 e. The fourth-order valence-corrected chi connectivity index (χ4v) is 4.99. The zero-order chi connectivity index (χ0) is 26.7. The number of rotatable bonds is 6. The Kier molecular flexibility index (Phi) is 6.51. The van der Waals surface area contributed by atoms with Crippen molar-refractivity contribution in [2.75, 3.05) is 6.61 Å². The molecule has 1 saturated carbocycles. The maximum absolute atomic E-state index is 10.6. The van der Waals surface area contributed by atoms with Gasteiger partial charge >= 0.3 is 23.9 Å². The van der Waals surface area contributed by atoms with E-state index in [-0.39, 0.29) is 5.96 Å². The summed E-state index contributed by atoms with van der Waals surface area (Å²) >= 11 is 0. The van der Waals surface area contributed by atoms with E-state index in [4.69, 9.17) is 35.3 Å². The third-order valence-corrected chi connectivity index (χ3v) is 6.54. The van der Waals surface area contributed by atoms with Gasteiger partial charge in [-0.05, 0) is 0 Å². The number of aliphatic hydroxyl groups excluding tert-OH is 4. The highest BCUT2D eigenvalue weighted by Crippen LogP contribution is 2.58. The Morgan fingerprint density at radius 1 is 1.00 bits per heavy atom. The van der Waals surface area contributed by atoms with Crippen LogP contribution >= 0.6 is 0 Å². The Morgan fingerprint density at radius 3 is 1.97 bits per heavy atom. The first kappa shape index (κ1) is 26.9. The number of aliphatic carboxylic acids is 3. The molecule has 4 heterocycles. The molecule has 4 aliphatic heterocycles. The topological polar surface area (TPSA) is 320 Å². The molecule has 18 nitrogen and oxygen atoms in total. The lowest BCUT2D eigenvalue weighted by Gasteiger charge is -2.72. The summed E-state index contributed by atoms with van der Waals surface area (Å²) in [7, 11) is 0. The summed E-state index contributed by atoms with van der Waals surface area (Å²) < 4.78 is 10.3. The number of carboxylic acid groups (broad SMARTS) is 3. The van der Waals surface area contributed by atoms with Gasteiger partial charge in [0.2, 0.25) is 0 Å². The van der Waals surface area contributed by atoms with Crippen molar-refractivity contribution in [2.45, 2.75) is 66.2 Å². The van der Waals surface area contributed by atoms with Gasteiger partial charge < -0.3 is 71.2 Å². The van der Waals surface area contributed by atoms with Gasteiger partial charge in [-0.25, -0.2) is 4.79 Å². The zero-order valence-electron chi connectivity index (χ0n) is 17.6. The van der Waals surface area contributed by atoms with Gasteiger partial charge in [0.05, 0.1) is 25.4 Å². The van der Waals surface area contributed by atoms with E-state index >= 15 is 0 Å². The lowest BCUT2D eigenvalue weighted by atomic mass is 9.55. The van der Waals surface area contributed by atoms with Crippen LogP contribution in [0.25, 0.3) is 0 Å². The Bertz CT molecular complexity index is 916. The van der Waals surface area contributed by atoms with Crippen molar-refractivity contribution in [2.24, 2.45) is 5.92 Å². The van der Waals surface area contributed by atoms with Crippen LogP contribution in [0.4, 0.5) is 0 Å². The van der Waals surface area contributed by atoms with E-state index in [1.165, 1.54) is 0 Å². The lowest BCUT2D eigenvalue weighted by molar-refractivity contribution is -0.549. The number of hydrogen-bond acceptors (Lipinski definition) is 13. The number of aliphatic hydroxyl groups is 7. The van der Waals surface area contributed by atoms with Crippen LogP contribution < -0.4 is 10.6 Å². The Labute approximate surface area is 194 Å². The largest absolute Gasteiger partial charge is 0.481 e. The van der Waals surface area contributed by atoms with Crippen LogP contribution in [0, 0.1) is 11.3 Å². The second kappa shape index (κ2) is 8.47. The molecule has 35 heavy (non-hydrogen) atoms. The molecule has 5 rings (SSSR count). The average molecular weight is 511 g/mol. The molecule has 5 fully saturated rings. The summed E-state index contributed by atoms with van der Waals surface area (Å²) in [6.45, 7) is -0.859. The van der Waals surface area contributed by atoms with E-state index in [0.29, 0.717) is 0 Å². The summed E-state index contributed by atoms with van der Waals surface area (Å²) in [5.41, 5.74) is -6.61. The van der Waals surface area contributed by atoms with Gasteiger partial charge in [-0.3, -0.25) is 15.0 Å². The minimum absolute atomic E-state index is 0.375. The quantitative estimate of drug-likeness (QED) is 0.157. The summed E-state index contributed by atoms with van der Waals surface area (Å²) in [5.74, 6) is -9.09. The third kappa shape index (κ3) is 3.88. The molecule has 0 amide bonds. The maximum atomic E-state index is 10.6. The summed E-state index contributed by atoms with van der Waals surface area (Å²) in [6, 6.07) is 0. The molecule has 0 radical (unpaired) electrons. The highest BCUT2D eigenvalue weighted by atomic mass is 16.9. The molecule has 18 heteroatoms. The van der Waals surface area contributed by atoms with Crippen molar-refractivity contribution in [1.29, 1.82) is 5.41 Å². The molecule has 5 aliphatic rings. The normalized spacial score (nSPS) is 43.2. The van der Waals surface area contributed by atoms with Crippen molar-refractivity contribution in [3.8, 4) is 0 Å². The Balaban J connectivity index is 0.000000228. The highest BCUT2D eigenvalue weighted by molar-refractivity contribution is 5.88. The molecule has 13 N–H and O–H groups in total. The fraction of sp³-hybridized carbons (Fsp3) is 0.765. The predicted octanol–water partition coefficient (Wildman–Crippen LogP) is -6.56. The summed E-state index contributed by atoms with van der Waals surface area (Å²) in [6.07, 6.45) is -10.1. The van der Waals surface area contributed by atoms with Crippen molar-refractivity contribution in [3.05, 3.63) is 0 Å². The number of guanidine groups is 1. The second-order valence-corrected chi connectivity index (χ2v) is 8.73. The minimum atomic E-state index is -2.74. The summed E-state index contributed by atoms with van der Waals surface area (Å²) in [5, 5.41) is 108. The van der Waals surface area contributed by atoms with E-state index in [1.54, 1.807) is 0 Å². The molecule has 1 unspecified atom stereocenters. The molecule has 0 aromatic rings. The van der Waals surface area contributed by atoms with Crippen molar-refractivity contribution >= 4 is 23.9 Å². The first-order valence-electron chi connectivity index (χ1n) is 9.96.